The molecule has 0 atom stereocenters. The van der Waals surface area contributed by atoms with Gasteiger partial charge in [0.15, 0.2) is 11.6 Å². The molecular formula is C16H29N7. The van der Waals surface area contributed by atoms with Crippen molar-refractivity contribution in [3.8, 4) is 0 Å². The molecular weight excluding hydrogens is 290 g/mol. The Labute approximate surface area is 139 Å². The maximum atomic E-state index is 6.44. The minimum absolute atomic E-state index is 0.738. The van der Waals surface area contributed by atoms with Crippen LogP contribution >= 0.6 is 0 Å². The number of aromatic nitrogens is 2. The number of rotatable bonds is 4. The molecule has 0 aromatic carbocycles. The Hall–Kier alpha value is -1.60. The summed E-state index contributed by atoms with van der Waals surface area (Å²) in [6.07, 6.45) is 1.67. The van der Waals surface area contributed by atoms with Gasteiger partial charge in [0.2, 0.25) is 0 Å². The molecule has 3 rings (SSSR count). The molecule has 128 valence electrons. The van der Waals surface area contributed by atoms with Crippen LogP contribution in [0.2, 0.25) is 0 Å². The Balaban J connectivity index is 1.72. The van der Waals surface area contributed by atoms with Gasteiger partial charge in [0.05, 0.1) is 0 Å². The fraction of sp³-hybridized carbons (Fsp3) is 0.750. The lowest BCUT2D eigenvalue weighted by molar-refractivity contribution is 0.269. The highest BCUT2D eigenvalue weighted by atomic mass is 15.3. The smallest absolute Gasteiger partial charge is 0.157 e. The van der Waals surface area contributed by atoms with Gasteiger partial charge in [-0.1, -0.05) is 13.8 Å². The lowest BCUT2D eigenvalue weighted by atomic mass is 10.2. The average molecular weight is 319 g/mol. The van der Waals surface area contributed by atoms with Gasteiger partial charge in [0.1, 0.15) is 12.0 Å². The first-order valence-corrected chi connectivity index (χ1v) is 8.78. The summed E-state index contributed by atoms with van der Waals surface area (Å²) in [7, 11) is 0. The number of nitrogens with zero attached hydrogens (tertiary/aromatic N) is 6. The molecule has 1 aromatic rings. The third kappa shape index (κ3) is 3.50. The molecule has 2 aliphatic rings. The zero-order valence-corrected chi connectivity index (χ0v) is 14.4. The summed E-state index contributed by atoms with van der Waals surface area (Å²) in [5.41, 5.74) is 7.18. The van der Waals surface area contributed by atoms with Crippen LogP contribution in [0.25, 0.3) is 0 Å². The first kappa shape index (κ1) is 16.3. The molecule has 0 unspecified atom stereocenters. The Morgan fingerprint density at radius 1 is 0.783 bits per heavy atom. The van der Waals surface area contributed by atoms with Crippen LogP contribution in [0.4, 0.5) is 17.3 Å². The lowest BCUT2D eigenvalue weighted by Crippen LogP contribution is -2.48. The van der Waals surface area contributed by atoms with Gasteiger partial charge in [-0.15, -0.1) is 0 Å². The Morgan fingerprint density at radius 3 is 1.52 bits per heavy atom. The SMILES string of the molecule is CCN1CCN(c2ncnc(N3CCN(CC)CC3)c2N)CC1. The van der Waals surface area contributed by atoms with Gasteiger partial charge >= 0.3 is 0 Å². The number of hydrogen-bond acceptors (Lipinski definition) is 7. The van der Waals surface area contributed by atoms with Crippen molar-refractivity contribution in [2.24, 2.45) is 0 Å². The van der Waals surface area contributed by atoms with E-state index in [1.54, 1.807) is 6.33 Å². The van der Waals surface area contributed by atoms with E-state index < -0.39 is 0 Å². The highest BCUT2D eigenvalue weighted by Gasteiger charge is 2.24. The summed E-state index contributed by atoms with van der Waals surface area (Å²) in [5, 5.41) is 0. The van der Waals surface area contributed by atoms with Crippen LogP contribution < -0.4 is 15.5 Å². The summed E-state index contributed by atoms with van der Waals surface area (Å²) >= 11 is 0. The highest BCUT2D eigenvalue weighted by molar-refractivity contribution is 5.76. The van der Waals surface area contributed by atoms with E-state index in [1.807, 2.05) is 0 Å². The third-order valence-corrected chi connectivity index (χ3v) is 5.08. The number of likely N-dealkylation sites (N-methyl/N-ethyl adjacent to an activating group) is 2. The second-order valence-corrected chi connectivity index (χ2v) is 6.28. The summed E-state index contributed by atoms with van der Waals surface area (Å²) in [6.45, 7) is 14.9. The van der Waals surface area contributed by atoms with Crippen LogP contribution in [0.5, 0.6) is 0 Å². The number of hydrogen-bond donors (Lipinski definition) is 1. The van der Waals surface area contributed by atoms with Crippen LogP contribution in [0.15, 0.2) is 6.33 Å². The number of piperazine rings is 2. The van der Waals surface area contributed by atoms with Crippen molar-refractivity contribution in [2.75, 3.05) is 81.0 Å². The zero-order chi connectivity index (χ0) is 16.2. The Bertz CT molecular complexity index is 463. The summed E-state index contributed by atoms with van der Waals surface area (Å²) in [4.78, 5) is 18.5. The maximum absolute atomic E-state index is 6.44. The largest absolute Gasteiger partial charge is 0.393 e. The van der Waals surface area contributed by atoms with Crippen molar-refractivity contribution < 1.29 is 0 Å². The molecule has 2 aliphatic heterocycles. The van der Waals surface area contributed by atoms with E-state index in [2.05, 4.69) is 43.4 Å². The number of nitrogens with two attached hydrogens (primary N) is 1. The summed E-state index contributed by atoms with van der Waals surface area (Å²) in [5.74, 6) is 1.81. The monoisotopic (exact) mass is 319 g/mol. The second kappa shape index (κ2) is 7.31. The molecule has 0 aliphatic carbocycles. The van der Waals surface area contributed by atoms with Crippen molar-refractivity contribution >= 4 is 17.3 Å². The number of nitrogen functional groups attached to an aromatic ring is 1. The molecule has 0 radical (unpaired) electrons. The molecule has 0 amide bonds. The van der Waals surface area contributed by atoms with Crippen LogP contribution in [-0.2, 0) is 0 Å². The van der Waals surface area contributed by atoms with Gasteiger partial charge in [-0.3, -0.25) is 0 Å². The standard InChI is InChI=1S/C16H29N7/c1-3-20-5-9-22(10-6-20)15-14(17)16(19-13-18-15)23-11-7-21(4-2)8-12-23/h13H,3-12,17H2,1-2H3. The molecule has 7 heteroatoms. The molecule has 2 saturated heterocycles. The van der Waals surface area contributed by atoms with E-state index in [1.165, 1.54) is 0 Å². The minimum Gasteiger partial charge on any atom is -0.393 e. The first-order chi connectivity index (χ1) is 11.2. The molecule has 1 aromatic heterocycles. The lowest BCUT2D eigenvalue weighted by Gasteiger charge is -2.37. The van der Waals surface area contributed by atoms with Crippen LogP contribution in [0.3, 0.4) is 0 Å². The van der Waals surface area contributed by atoms with E-state index in [-0.39, 0.29) is 0 Å². The second-order valence-electron chi connectivity index (χ2n) is 6.28. The summed E-state index contributed by atoms with van der Waals surface area (Å²) < 4.78 is 0. The number of anilines is 3. The maximum Gasteiger partial charge on any atom is 0.157 e. The van der Waals surface area contributed by atoms with Crippen molar-refractivity contribution in [1.29, 1.82) is 0 Å². The Morgan fingerprint density at radius 2 is 1.17 bits per heavy atom. The predicted molar refractivity (Wildman–Crippen MR) is 95.1 cm³/mol. The molecule has 3 heterocycles. The van der Waals surface area contributed by atoms with Crippen LogP contribution in [0.1, 0.15) is 13.8 Å². The molecule has 2 fully saturated rings. The van der Waals surface area contributed by atoms with E-state index in [9.17, 15) is 0 Å². The molecule has 0 spiro atoms. The van der Waals surface area contributed by atoms with Crippen LogP contribution in [-0.4, -0.2) is 85.2 Å². The summed E-state index contributed by atoms with van der Waals surface area (Å²) in [6, 6.07) is 0. The Kier molecular flexibility index (Phi) is 5.17. The molecule has 7 nitrogen and oxygen atoms in total. The van der Waals surface area contributed by atoms with Crippen molar-refractivity contribution in [1.82, 2.24) is 19.8 Å². The van der Waals surface area contributed by atoms with Gasteiger partial charge in [-0.05, 0) is 13.1 Å². The minimum atomic E-state index is 0.738. The predicted octanol–water partition coefficient (Wildman–Crippen LogP) is 0.343. The fourth-order valence-corrected chi connectivity index (χ4v) is 3.43. The van der Waals surface area contributed by atoms with E-state index in [0.717, 1.165) is 82.8 Å². The molecule has 0 bridgehead atoms. The fourth-order valence-electron chi connectivity index (χ4n) is 3.43. The van der Waals surface area contributed by atoms with Gasteiger partial charge in [-0.25, -0.2) is 9.97 Å². The van der Waals surface area contributed by atoms with E-state index in [4.69, 9.17) is 5.73 Å². The quantitative estimate of drug-likeness (QED) is 0.858. The van der Waals surface area contributed by atoms with Crippen LogP contribution in [0, 0.1) is 0 Å². The molecule has 23 heavy (non-hydrogen) atoms. The van der Waals surface area contributed by atoms with Gasteiger partial charge in [0, 0.05) is 52.4 Å². The third-order valence-electron chi connectivity index (χ3n) is 5.08. The van der Waals surface area contributed by atoms with E-state index in [0.29, 0.717) is 0 Å². The van der Waals surface area contributed by atoms with Crippen molar-refractivity contribution in [3.05, 3.63) is 6.33 Å². The zero-order valence-electron chi connectivity index (χ0n) is 14.4. The topological polar surface area (TPSA) is 64.8 Å². The van der Waals surface area contributed by atoms with Crippen molar-refractivity contribution in [2.45, 2.75) is 13.8 Å². The normalized spacial score (nSPS) is 21.0. The molecule has 0 saturated carbocycles. The van der Waals surface area contributed by atoms with E-state index >= 15 is 0 Å². The highest BCUT2D eigenvalue weighted by Crippen LogP contribution is 2.30. The first-order valence-electron chi connectivity index (χ1n) is 8.78. The van der Waals surface area contributed by atoms with Crippen molar-refractivity contribution in [3.63, 3.8) is 0 Å². The van der Waals surface area contributed by atoms with Gasteiger partial charge < -0.3 is 25.3 Å². The average Bonchev–Trinajstić information content (AvgIpc) is 2.62. The van der Waals surface area contributed by atoms with Gasteiger partial charge in [-0.2, -0.15) is 0 Å². The molecule has 2 N–H and O–H groups in total. The van der Waals surface area contributed by atoms with Gasteiger partial charge in [0.25, 0.3) is 0 Å².